The topological polar surface area (TPSA) is 52.6 Å². The number of Topliss-reactive ketones (excluding diaryl/α,β-unsaturated/α-hetero) is 1. The molecular formula is C27H24O4. The third kappa shape index (κ3) is 4.29. The van der Waals surface area contributed by atoms with E-state index in [0.29, 0.717) is 22.6 Å². The van der Waals surface area contributed by atoms with E-state index in [4.69, 9.17) is 9.47 Å². The van der Waals surface area contributed by atoms with Crippen molar-refractivity contribution in [3.63, 3.8) is 0 Å². The Morgan fingerprint density at radius 3 is 2.35 bits per heavy atom. The summed E-state index contributed by atoms with van der Waals surface area (Å²) in [5.74, 6) is 0.326. The van der Waals surface area contributed by atoms with Crippen LogP contribution in [-0.2, 0) is 5.41 Å². The number of ketones is 1. The predicted molar refractivity (Wildman–Crippen MR) is 121 cm³/mol. The minimum atomic E-state index is -0.458. The smallest absolute Gasteiger partial charge is 0.343 e. The number of hydrogen-bond donors (Lipinski definition) is 0. The van der Waals surface area contributed by atoms with Crippen LogP contribution in [0.15, 0.2) is 72.5 Å². The van der Waals surface area contributed by atoms with Crippen LogP contribution in [0.4, 0.5) is 0 Å². The highest BCUT2D eigenvalue weighted by Gasteiger charge is 2.28. The summed E-state index contributed by atoms with van der Waals surface area (Å²) < 4.78 is 11.3. The average Bonchev–Trinajstić information content (AvgIpc) is 3.04. The molecule has 3 aromatic rings. The molecule has 0 aliphatic carbocycles. The zero-order valence-corrected chi connectivity index (χ0v) is 18.1. The molecule has 1 heterocycles. The molecule has 0 fully saturated rings. The fraction of sp³-hybridized carbons (Fsp3) is 0.185. The summed E-state index contributed by atoms with van der Waals surface area (Å²) >= 11 is 0. The summed E-state index contributed by atoms with van der Waals surface area (Å²) in [7, 11) is 0. The summed E-state index contributed by atoms with van der Waals surface area (Å²) in [6.07, 6.45) is 1.74. The second kappa shape index (κ2) is 7.88. The first-order valence-corrected chi connectivity index (χ1v) is 10.2. The van der Waals surface area contributed by atoms with E-state index < -0.39 is 5.97 Å². The van der Waals surface area contributed by atoms with Crippen LogP contribution in [0.25, 0.3) is 6.08 Å². The lowest BCUT2D eigenvalue weighted by molar-refractivity contribution is 0.0734. The third-order valence-corrected chi connectivity index (χ3v) is 5.31. The molecule has 0 atom stereocenters. The van der Waals surface area contributed by atoms with E-state index in [1.54, 1.807) is 36.4 Å². The Bertz CT molecular complexity index is 1190. The number of carbonyl (C=O) groups is 2. The zero-order chi connectivity index (χ0) is 22.2. The molecule has 0 amide bonds. The van der Waals surface area contributed by atoms with Crippen molar-refractivity contribution in [1.82, 2.24) is 0 Å². The normalized spacial score (nSPS) is 14.3. The molecule has 0 spiro atoms. The lowest BCUT2D eigenvalue weighted by Gasteiger charge is -2.18. The quantitative estimate of drug-likeness (QED) is 0.295. The van der Waals surface area contributed by atoms with Gasteiger partial charge in [-0.3, -0.25) is 4.79 Å². The molecule has 0 unspecified atom stereocenters. The van der Waals surface area contributed by atoms with Crippen molar-refractivity contribution in [2.75, 3.05) is 0 Å². The SMILES string of the molecule is Cc1ccccc1C=C1Oc2cc(OC(=O)c3ccc(C(C)(C)C)cc3)ccc2C1=O. The Hall–Kier alpha value is -3.66. The van der Waals surface area contributed by atoms with Gasteiger partial charge in [-0.2, -0.15) is 0 Å². The molecule has 0 saturated heterocycles. The fourth-order valence-electron chi connectivity index (χ4n) is 3.39. The minimum absolute atomic E-state index is 0.00973. The van der Waals surface area contributed by atoms with Crippen molar-refractivity contribution < 1.29 is 19.1 Å². The molecule has 0 N–H and O–H groups in total. The van der Waals surface area contributed by atoms with Crippen molar-refractivity contribution in [1.29, 1.82) is 0 Å². The highest BCUT2D eigenvalue weighted by atomic mass is 16.5. The van der Waals surface area contributed by atoms with Crippen molar-refractivity contribution in [3.8, 4) is 11.5 Å². The van der Waals surface area contributed by atoms with Crippen molar-refractivity contribution in [2.45, 2.75) is 33.1 Å². The van der Waals surface area contributed by atoms with Gasteiger partial charge in [0.25, 0.3) is 0 Å². The lowest BCUT2D eigenvalue weighted by atomic mass is 9.87. The van der Waals surface area contributed by atoms with E-state index in [1.165, 1.54) is 0 Å². The molecule has 0 aromatic heterocycles. The van der Waals surface area contributed by atoms with E-state index >= 15 is 0 Å². The maximum Gasteiger partial charge on any atom is 0.343 e. The van der Waals surface area contributed by atoms with Crippen LogP contribution in [-0.4, -0.2) is 11.8 Å². The highest BCUT2D eigenvalue weighted by molar-refractivity contribution is 6.14. The summed E-state index contributed by atoms with van der Waals surface area (Å²) in [5.41, 5.74) is 4.04. The molecule has 31 heavy (non-hydrogen) atoms. The lowest BCUT2D eigenvalue weighted by Crippen LogP contribution is -2.12. The van der Waals surface area contributed by atoms with Crippen LogP contribution in [0.3, 0.4) is 0 Å². The molecule has 0 saturated carbocycles. The first-order chi connectivity index (χ1) is 14.7. The largest absolute Gasteiger partial charge is 0.452 e. The van der Waals surface area contributed by atoms with Crippen molar-refractivity contribution in [2.24, 2.45) is 0 Å². The number of aryl methyl sites for hydroxylation is 1. The van der Waals surface area contributed by atoms with Gasteiger partial charge in [0, 0.05) is 6.07 Å². The number of ether oxygens (including phenoxy) is 2. The van der Waals surface area contributed by atoms with E-state index in [1.807, 2.05) is 43.3 Å². The Balaban J connectivity index is 1.52. The molecule has 156 valence electrons. The maximum atomic E-state index is 12.7. The maximum absolute atomic E-state index is 12.7. The Morgan fingerprint density at radius 2 is 1.68 bits per heavy atom. The average molecular weight is 412 g/mol. The van der Waals surface area contributed by atoms with E-state index in [2.05, 4.69) is 20.8 Å². The van der Waals surface area contributed by atoms with Crippen LogP contribution in [0.1, 0.15) is 58.2 Å². The van der Waals surface area contributed by atoms with Gasteiger partial charge >= 0.3 is 5.97 Å². The summed E-state index contributed by atoms with van der Waals surface area (Å²) in [6.45, 7) is 8.33. The zero-order valence-electron chi connectivity index (χ0n) is 18.1. The Morgan fingerprint density at radius 1 is 0.968 bits per heavy atom. The summed E-state index contributed by atoms with van der Waals surface area (Å²) in [6, 6.07) is 20.0. The van der Waals surface area contributed by atoms with E-state index in [9.17, 15) is 9.59 Å². The molecule has 4 rings (SSSR count). The molecule has 1 aliphatic rings. The van der Waals surface area contributed by atoms with Crippen LogP contribution in [0.2, 0.25) is 0 Å². The standard InChI is InChI=1S/C27H24O4/c1-17-7-5-6-8-19(17)15-24-25(28)22-14-13-21(16-23(22)31-24)30-26(29)18-9-11-20(12-10-18)27(2,3)4/h5-16H,1-4H3. The molecular weight excluding hydrogens is 388 g/mol. The number of allylic oxidation sites excluding steroid dienone is 1. The highest BCUT2D eigenvalue weighted by Crippen LogP contribution is 2.35. The van der Waals surface area contributed by atoms with Crippen LogP contribution in [0.5, 0.6) is 11.5 Å². The number of rotatable bonds is 3. The molecule has 1 aliphatic heterocycles. The van der Waals surface area contributed by atoms with Crippen molar-refractivity contribution >= 4 is 17.8 Å². The number of hydrogen-bond acceptors (Lipinski definition) is 4. The third-order valence-electron chi connectivity index (χ3n) is 5.31. The van der Waals surface area contributed by atoms with Gasteiger partial charge in [0.15, 0.2) is 5.76 Å². The van der Waals surface area contributed by atoms with Gasteiger partial charge in [-0.05, 0) is 59.4 Å². The molecule has 0 radical (unpaired) electrons. The van der Waals surface area contributed by atoms with Crippen LogP contribution < -0.4 is 9.47 Å². The second-order valence-electron chi connectivity index (χ2n) is 8.67. The second-order valence-corrected chi connectivity index (χ2v) is 8.67. The van der Waals surface area contributed by atoms with Gasteiger partial charge in [0.05, 0.1) is 11.1 Å². The minimum Gasteiger partial charge on any atom is -0.452 e. The summed E-state index contributed by atoms with van der Waals surface area (Å²) in [5, 5.41) is 0. The Kier molecular flexibility index (Phi) is 5.24. The van der Waals surface area contributed by atoms with Crippen LogP contribution >= 0.6 is 0 Å². The van der Waals surface area contributed by atoms with Gasteiger partial charge in [-0.25, -0.2) is 4.79 Å². The summed E-state index contributed by atoms with van der Waals surface area (Å²) in [4.78, 5) is 25.2. The Labute approximate surface area is 182 Å². The monoisotopic (exact) mass is 412 g/mol. The van der Waals surface area contributed by atoms with Gasteiger partial charge in [0.2, 0.25) is 5.78 Å². The number of benzene rings is 3. The molecule has 4 heteroatoms. The molecule has 0 bridgehead atoms. The number of fused-ring (bicyclic) bond motifs is 1. The molecule has 4 nitrogen and oxygen atoms in total. The van der Waals surface area contributed by atoms with Gasteiger partial charge in [-0.15, -0.1) is 0 Å². The van der Waals surface area contributed by atoms with E-state index in [0.717, 1.165) is 16.7 Å². The number of esters is 1. The predicted octanol–water partition coefficient (Wildman–Crippen LogP) is 6.13. The van der Waals surface area contributed by atoms with Crippen molar-refractivity contribution in [3.05, 3.63) is 100 Å². The fourth-order valence-corrected chi connectivity index (χ4v) is 3.39. The van der Waals surface area contributed by atoms with E-state index in [-0.39, 0.29) is 17.0 Å². The van der Waals surface area contributed by atoms with Crippen LogP contribution in [0, 0.1) is 6.92 Å². The first kappa shape index (κ1) is 20.6. The van der Waals surface area contributed by atoms with Gasteiger partial charge in [0.1, 0.15) is 11.5 Å². The molecule has 3 aromatic carbocycles. The van der Waals surface area contributed by atoms with Gasteiger partial charge in [-0.1, -0.05) is 57.2 Å². The van der Waals surface area contributed by atoms with Gasteiger partial charge < -0.3 is 9.47 Å². The first-order valence-electron chi connectivity index (χ1n) is 10.2. The number of carbonyl (C=O) groups excluding carboxylic acids is 2.